The molecule has 0 bridgehead atoms. The largest absolute Gasteiger partial charge is 0.457 e. The SMILES string of the molecule is Cc1ccc(Oc2ccccc2C(C=O)CCl)c(C)c1. The second-order valence-electron chi connectivity index (χ2n) is 4.81. The number of para-hydroxylation sites is 1. The summed E-state index contributed by atoms with van der Waals surface area (Å²) >= 11 is 5.84. The molecule has 2 aromatic carbocycles. The molecule has 1 unspecified atom stereocenters. The Morgan fingerprint density at radius 3 is 2.55 bits per heavy atom. The van der Waals surface area contributed by atoms with Crippen LogP contribution in [0.1, 0.15) is 22.6 Å². The summed E-state index contributed by atoms with van der Waals surface area (Å²) in [5.74, 6) is 1.37. The first-order chi connectivity index (χ1) is 9.65. The average molecular weight is 289 g/mol. The maximum absolute atomic E-state index is 11.1. The van der Waals surface area contributed by atoms with Gasteiger partial charge in [-0.1, -0.05) is 35.9 Å². The predicted molar refractivity (Wildman–Crippen MR) is 82.0 cm³/mol. The van der Waals surface area contributed by atoms with Crippen LogP contribution in [0.25, 0.3) is 0 Å². The van der Waals surface area contributed by atoms with Crippen molar-refractivity contribution >= 4 is 17.9 Å². The van der Waals surface area contributed by atoms with Crippen molar-refractivity contribution < 1.29 is 9.53 Å². The Labute approximate surface area is 124 Å². The number of carbonyl (C=O) groups is 1. The number of ether oxygens (including phenoxy) is 1. The zero-order chi connectivity index (χ0) is 14.5. The number of hydrogen-bond donors (Lipinski definition) is 0. The molecular formula is C17H17ClO2. The van der Waals surface area contributed by atoms with E-state index >= 15 is 0 Å². The number of benzene rings is 2. The highest BCUT2D eigenvalue weighted by Gasteiger charge is 2.15. The highest BCUT2D eigenvalue weighted by molar-refractivity contribution is 6.19. The molecule has 0 aliphatic heterocycles. The van der Waals surface area contributed by atoms with Gasteiger partial charge in [-0.15, -0.1) is 11.6 Å². The number of hydrogen-bond acceptors (Lipinski definition) is 2. The van der Waals surface area contributed by atoms with Crippen LogP contribution in [0.4, 0.5) is 0 Å². The summed E-state index contributed by atoms with van der Waals surface area (Å²) in [5, 5.41) is 0. The summed E-state index contributed by atoms with van der Waals surface area (Å²) in [5.41, 5.74) is 3.07. The van der Waals surface area contributed by atoms with E-state index in [2.05, 4.69) is 6.07 Å². The van der Waals surface area contributed by atoms with Crippen LogP contribution in [0.2, 0.25) is 0 Å². The van der Waals surface area contributed by atoms with E-state index in [9.17, 15) is 4.79 Å². The Hall–Kier alpha value is -1.80. The lowest BCUT2D eigenvalue weighted by Gasteiger charge is -2.15. The van der Waals surface area contributed by atoms with Gasteiger partial charge in [0.15, 0.2) is 0 Å². The summed E-state index contributed by atoms with van der Waals surface area (Å²) in [6, 6.07) is 13.5. The molecule has 2 aromatic rings. The average Bonchev–Trinajstić information content (AvgIpc) is 2.45. The van der Waals surface area contributed by atoms with Gasteiger partial charge in [0.2, 0.25) is 0 Å². The first kappa shape index (κ1) is 14.6. The fourth-order valence-electron chi connectivity index (χ4n) is 2.10. The van der Waals surface area contributed by atoms with Crippen LogP contribution in [0, 0.1) is 13.8 Å². The van der Waals surface area contributed by atoms with E-state index in [0.29, 0.717) is 5.75 Å². The molecule has 0 aliphatic carbocycles. The van der Waals surface area contributed by atoms with Crippen molar-refractivity contribution in [3.63, 3.8) is 0 Å². The molecule has 1 atom stereocenters. The zero-order valence-electron chi connectivity index (χ0n) is 11.6. The molecule has 0 aliphatic rings. The highest BCUT2D eigenvalue weighted by atomic mass is 35.5. The third-order valence-corrected chi connectivity index (χ3v) is 3.53. The Morgan fingerprint density at radius 2 is 1.90 bits per heavy atom. The summed E-state index contributed by atoms with van der Waals surface area (Å²) in [6.07, 6.45) is 0.858. The van der Waals surface area contributed by atoms with Crippen molar-refractivity contribution in [2.75, 3.05) is 5.88 Å². The van der Waals surface area contributed by atoms with E-state index in [1.165, 1.54) is 5.56 Å². The number of aryl methyl sites for hydroxylation is 2. The molecule has 0 spiro atoms. The van der Waals surface area contributed by atoms with Crippen molar-refractivity contribution in [1.29, 1.82) is 0 Å². The van der Waals surface area contributed by atoms with Gasteiger partial charge in [0.25, 0.3) is 0 Å². The Kier molecular flexibility index (Phi) is 4.80. The van der Waals surface area contributed by atoms with Crippen LogP contribution in [0.5, 0.6) is 11.5 Å². The Morgan fingerprint density at radius 1 is 1.15 bits per heavy atom. The van der Waals surface area contributed by atoms with Crippen molar-refractivity contribution in [3.8, 4) is 11.5 Å². The molecule has 0 heterocycles. The van der Waals surface area contributed by atoms with E-state index in [-0.39, 0.29) is 11.8 Å². The predicted octanol–water partition coefficient (Wildman–Crippen LogP) is 4.62. The lowest BCUT2D eigenvalue weighted by atomic mass is 10.0. The summed E-state index contributed by atoms with van der Waals surface area (Å²) in [7, 11) is 0. The van der Waals surface area contributed by atoms with Crippen LogP contribution in [-0.2, 0) is 4.79 Å². The number of aldehydes is 1. The second kappa shape index (κ2) is 6.58. The van der Waals surface area contributed by atoms with E-state index in [4.69, 9.17) is 16.3 Å². The molecule has 0 saturated heterocycles. The number of alkyl halides is 1. The van der Waals surface area contributed by atoms with Crippen LogP contribution in [-0.4, -0.2) is 12.2 Å². The smallest absolute Gasteiger partial charge is 0.131 e. The van der Waals surface area contributed by atoms with E-state index in [0.717, 1.165) is 23.2 Å². The molecule has 0 amide bonds. The van der Waals surface area contributed by atoms with Gasteiger partial charge in [0.05, 0.1) is 5.92 Å². The van der Waals surface area contributed by atoms with Gasteiger partial charge in [-0.05, 0) is 31.5 Å². The highest BCUT2D eigenvalue weighted by Crippen LogP contribution is 2.32. The fraction of sp³-hybridized carbons (Fsp3) is 0.235. The monoisotopic (exact) mass is 288 g/mol. The molecule has 3 heteroatoms. The minimum atomic E-state index is -0.348. The first-order valence-electron chi connectivity index (χ1n) is 6.51. The first-order valence-corrected chi connectivity index (χ1v) is 7.04. The van der Waals surface area contributed by atoms with Crippen LogP contribution in [0.3, 0.4) is 0 Å². The van der Waals surface area contributed by atoms with Gasteiger partial charge in [0, 0.05) is 11.4 Å². The summed E-state index contributed by atoms with van der Waals surface area (Å²) in [6.45, 7) is 4.05. The number of rotatable bonds is 5. The molecule has 0 aromatic heterocycles. The third kappa shape index (κ3) is 3.20. The van der Waals surface area contributed by atoms with Gasteiger partial charge in [-0.3, -0.25) is 0 Å². The van der Waals surface area contributed by atoms with E-state index < -0.39 is 0 Å². The number of halogens is 1. The summed E-state index contributed by atoms with van der Waals surface area (Å²) < 4.78 is 5.96. The lowest BCUT2D eigenvalue weighted by Crippen LogP contribution is -2.04. The van der Waals surface area contributed by atoms with Crippen LogP contribution < -0.4 is 4.74 Å². The van der Waals surface area contributed by atoms with E-state index in [1.54, 1.807) is 0 Å². The van der Waals surface area contributed by atoms with Crippen molar-refractivity contribution in [3.05, 3.63) is 59.2 Å². The number of carbonyl (C=O) groups excluding carboxylic acids is 1. The molecule has 0 radical (unpaired) electrons. The molecule has 2 nitrogen and oxygen atoms in total. The van der Waals surface area contributed by atoms with Crippen molar-refractivity contribution in [1.82, 2.24) is 0 Å². The minimum absolute atomic E-state index is 0.247. The lowest BCUT2D eigenvalue weighted by molar-refractivity contribution is -0.108. The van der Waals surface area contributed by atoms with Crippen LogP contribution >= 0.6 is 11.6 Å². The molecule has 104 valence electrons. The minimum Gasteiger partial charge on any atom is -0.457 e. The normalized spacial score (nSPS) is 11.9. The molecule has 2 rings (SSSR count). The van der Waals surface area contributed by atoms with Crippen molar-refractivity contribution in [2.45, 2.75) is 19.8 Å². The van der Waals surface area contributed by atoms with Gasteiger partial charge in [-0.25, -0.2) is 0 Å². The van der Waals surface area contributed by atoms with Crippen molar-refractivity contribution in [2.24, 2.45) is 0 Å². The molecular weight excluding hydrogens is 272 g/mol. The standard InChI is InChI=1S/C17H17ClO2/c1-12-7-8-16(13(2)9-12)20-17-6-4-3-5-15(17)14(10-18)11-19/h3-9,11,14H,10H2,1-2H3. The maximum Gasteiger partial charge on any atom is 0.131 e. The Bertz CT molecular complexity index is 608. The van der Waals surface area contributed by atoms with Gasteiger partial charge in [0.1, 0.15) is 17.8 Å². The summed E-state index contributed by atoms with van der Waals surface area (Å²) in [4.78, 5) is 11.1. The third-order valence-electron chi connectivity index (χ3n) is 3.20. The zero-order valence-corrected chi connectivity index (χ0v) is 12.4. The van der Waals surface area contributed by atoms with Gasteiger partial charge >= 0.3 is 0 Å². The molecule has 0 fully saturated rings. The maximum atomic E-state index is 11.1. The molecule has 0 N–H and O–H groups in total. The van der Waals surface area contributed by atoms with Crippen LogP contribution in [0.15, 0.2) is 42.5 Å². The van der Waals surface area contributed by atoms with E-state index in [1.807, 2.05) is 50.2 Å². The topological polar surface area (TPSA) is 26.3 Å². The Balaban J connectivity index is 2.36. The quantitative estimate of drug-likeness (QED) is 0.593. The molecule has 0 saturated carbocycles. The fourth-order valence-corrected chi connectivity index (χ4v) is 2.34. The molecule has 20 heavy (non-hydrogen) atoms. The second-order valence-corrected chi connectivity index (χ2v) is 5.11. The van der Waals surface area contributed by atoms with Gasteiger partial charge < -0.3 is 9.53 Å². The van der Waals surface area contributed by atoms with Gasteiger partial charge in [-0.2, -0.15) is 0 Å².